The van der Waals surface area contributed by atoms with Crippen molar-refractivity contribution in [3.63, 3.8) is 0 Å². The minimum absolute atomic E-state index is 0.213. The highest BCUT2D eigenvalue weighted by atomic mass is 32.2. The highest BCUT2D eigenvalue weighted by Crippen LogP contribution is 2.25. The van der Waals surface area contributed by atoms with E-state index in [1.807, 2.05) is 22.7 Å². The molecule has 18 heavy (non-hydrogen) atoms. The lowest BCUT2D eigenvalue weighted by Gasteiger charge is -2.15. The first kappa shape index (κ1) is 13.4. The van der Waals surface area contributed by atoms with Crippen LogP contribution in [0.4, 0.5) is 0 Å². The molecule has 1 unspecified atom stereocenters. The molecule has 1 saturated heterocycles. The molecule has 1 aliphatic heterocycles. The van der Waals surface area contributed by atoms with Crippen LogP contribution < -0.4 is 5.73 Å². The van der Waals surface area contributed by atoms with E-state index >= 15 is 0 Å². The van der Waals surface area contributed by atoms with Gasteiger partial charge in [0.05, 0.1) is 0 Å². The smallest absolute Gasteiger partial charge is 0.223 e. The summed E-state index contributed by atoms with van der Waals surface area (Å²) in [5, 5.41) is 0. The zero-order chi connectivity index (χ0) is 12.8. The average molecular weight is 264 g/mol. The highest BCUT2D eigenvalue weighted by molar-refractivity contribution is 7.99. The van der Waals surface area contributed by atoms with Crippen molar-refractivity contribution in [1.29, 1.82) is 0 Å². The molecule has 1 aromatic carbocycles. The van der Waals surface area contributed by atoms with E-state index in [0.717, 1.165) is 25.3 Å². The number of carbonyl (C=O) groups excluding carboxylic acids is 1. The van der Waals surface area contributed by atoms with E-state index in [2.05, 4.69) is 24.3 Å². The number of hydrogen-bond acceptors (Lipinski definition) is 3. The topological polar surface area (TPSA) is 46.3 Å². The van der Waals surface area contributed by atoms with Crippen molar-refractivity contribution in [3.8, 4) is 0 Å². The summed E-state index contributed by atoms with van der Waals surface area (Å²) in [6.07, 6.45) is 1.61. The zero-order valence-corrected chi connectivity index (χ0v) is 11.4. The van der Waals surface area contributed by atoms with Gasteiger partial charge in [0.2, 0.25) is 5.91 Å². The van der Waals surface area contributed by atoms with Gasteiger partial charge in [-0.3, -0.25) is 4.79 Å². The minimum atomic E-state index is 0.213. The summed E-state index contributed by atoms with van der Waals surface area (Å²) in [5.41, 5.74) is 5.41. The van der Waals surface area contributed by atoms with Gasteiger partial charge in [0.15, 0.2) is 0 Å². The fourth-order valence-electron chi connectivity index (χ4n) is 2.21. The first-order chi connectivity index (χ1) is 8.79. The van der Waals surface area contributed by atoms with Gasteiger partial charge in [0.1, 0.15) is 0 Å². The number of nitrogens with zero attached hydrogens (tertiary/aromatic N) is 1. The lowest BCUT2D eigenvalue weighted by molar-refractivity contribution is -0.130. The zero-order valence-electron chi connectivity index (χ0n) is 10.5. The van der Waals surface area contributed by atoms with Gasteiger partial charge in [-0.1, -0.05) is 18.2 Å². The Kier molecular flexibility index (Phi) is 5.08. The van der Waals surface area contributed by atoms with Crippen LogP contribution in [0.5, 0.6) is 0 Å². The van der Waals surface area contributed by atoms with Crippen LogP contribution in [0.15, 0.2) is 35.2 Å². The molecule has 1 fully saturated rings. The molecular weight excluding hydrogens is 244 g/mol. The number of carbonyl (C=O) groups is 1. The van der Waals surface area contributed by atoms with Gasteiger partial charge in [0, 0.05) is 36.7 Å². The van der Waals surface area contributed by atoms with Gasteiger partial charge in [-0.25, -0.2) is 0 Å². The summed E-state index contributed by atoms with van der Waals surface area (Å²) in [6.45, 7) is 2.26. The van der Waals surface area contributed by atoms with E-state index in [1.165, 1.54) is 4.90 Å². The molecule has 0 aromatic heterocycles. The lowest BCUT2D eigenvalue weighted by atomic mass is 10.2. The van der Waals surface area contributed by atoms with Gasteiger partial charge in [-0.15, -0.1) is 11.8 Å². The third-order valence-electron chi connectivity index (χ3n) is 3.23. The van der Waals surface area contributed by atoms with Gasteiger partial charge in [-0.2, -0.15) is 0 Å². The van der Waals surface area contributed by atoms with Gasteiger partial charge < -0.3 is 10.6 Å². The van der Waals surface area contributed by atoms with Crippen molar-refractivity contribution < 1.29 is 4.79 Å². The van der Waals surface area contributed by atoms with Crippen LogP contribution in [0.2, 0.25) is 0 Å². The van der Waals surface area contributed by atoms with E-state index < -0.39 is 0 Å². The molecule has 3 nitrogen and oxygen atoms in total. The van der Waals surface area contributed by atoms with Crippen LogP contribution in [0.3, 0.4) is 0 Å². The SMILES string of the molecule is NCCC(=O)N1CCC(CSc2ccccc2)C1. The molecule has 1 heterocycles. The number of thioether (sulfide) groups is 1. The van der Waals surface area contributed by atoms with E-state index in [4.69, 9.17) is 5.73 Å². The van der Waals surface area contributed by atoms with Crippen LogP contribution in [0.1, 0.15) is 12.8 Å². The Hall–Kier alpha value is -1.00. The molecule has 0 aliphatic carbocycles. The average Bonchev–Trinajstić information content (AvgIpc) is 2.87. The Balaban J connectivity index is 1.74. The predicted molar refractivity (Wildman–Crippen MR) is 75.5 cm³/mol. The maximum atomic E-state index is 11.7. The van der Waals surface area contributed by atoms with Crippen molar-refractivity contribution >= 4 is 17.7 Å². The molecule has 1 atom stereocenters. The Morgan fingerprint density at radius 2 is 2.17 bits per heavy atom. The molecule has 0 saturated carbocycles. The normalized spacial score (nSPS) is 19.2. The summed E-state index contributed by atoms with van der Waals surface area (Å²) < 4.78 is 0. The molecule has 0 spiro atoms. The van der Waals surface area contributed by atoms with Crippen LogP contribution in [0, 0.1) is 5.92 Å². The summed E-state index contributed by atoms with van der Waals surface area (Å²) in [7, 11) is 0. The molecule has 0 bridgehead atoms. The van der Waals surface area contributed by atoms with Gasteiger partial charge in [0.25, 0.3) is 0 Å². The standard InChI is InChI=1S/C14H20N2OS/c15-8-6-14(17)16-9-7-12(10-16)11-18-13-4-2-1-3-5-13/h1-5,12H,6-11,15H2. The summed E-state index contributed by atoms with van der Waals surface area (Å²) >= 11 is 1.88. The number of nitrogens with two attached hydrogens (primary N) is 1. The van der Waals surface area contributed by atoms with E-state index in [1.54, 1.807) is 0 Å². The molecule has 98 valence electrons. The van der Waals surface area contributed by atoms with Gasteiger partial charge in [-0.05, 0) is 24.5 Å². The number of likely N-dealkylation sites (tertiary alicyclic amines) is 1. The van der Waals surface area contributed by atoms with Crippen LogP contribution >= 0.6 is 11.8 Å². The van der Waals surface area contributed by atoms with Crippen LogP contribution in [0.25, 0.3) is 0 Å². The second-order valence-corrected chi connectivity index (χ2v) is 5.75. The summed E-state index contributed by atoms with van der Waals surface area (Å²) in [5.74, 6) is 1.93. The molecule has 1 aliphatic rings. The van der Waals surface area contributed by atoms with Crippen molar-refractivity contribution in [2.45, 2.75) is 17.7 Å². The molecule has 2 rings (SSSR count). The third-order valence-corrected chi connectivity index (χ3v) is 4.47. The van der Waals surface area contributed by atoms with Crippen LogP contribution in [-0.4, -0.2) is 36.2 Å². The van der Waals surface area contributed by atoms with Gasteiger partial charge >= 0.3 is 0 Å². The second-order valence-electron chi connectivity index (χ2n) is 4.66. The monoisotopic (exact) mass is 264 g/mol. The molecule has 4 heteroatoms. The van der Waals surface area contributed by atoms with E-state index in [-0.39, 0.29) is 5.91 Å². The first-order valence-corrected chi connectivity index (χ1v) is 7.44. The maximum Gasteiger partial charge on any atom is 0.223 e. The van der Waals surface area contributed by atoms with Crippen molar-refractivity contribution in [3.05, 3.63) is 30.3 Å². The quantitative estimate of drug-likeness (QED) is 0.827. The minimum Gasteiger partial charge on any atom is -0.342 e. The number of benzene rings is 1. The Bertz CT molecular complexity index is 383. The fourth-order valence-corrected chi connectivity index (χ4v) is 3.26. The van der Waals surface area contributed by atoms with Crippen molar-refractivity contribution in [1.82, 2.24) is 4.90 Å². The first-order valence-electron chi connectivity index (χ1n) is 6.45. The molecule has 1 amide bonds. The number of amides is 1. The molecule has 2 N–H and O–H groups in total. The molecule has 0 radical (unpaired) electrons. The van der Waals surface area contributed by atoms with Crippen LogP contribution in [-0.2, 0) is 4.79 Å². The van der Waals surface area contributed by atoms with E-state index in [0.29, 0.717) is 18.9 Å². The third kappa shape index (κ3) is 3.75. The number of hydrogen-bond donors (Lipinski definition) is 1. The fraction of sp³-hybridized carbons (Fsp3) is 0.500. The second kappa shape index (κ2) is 6.81. The Labute approximate surface area is 113 Å². The Morgan fingerprint density at radius 1 is 1.39 bits per heavy atom. The van der Waals surface area contributed by atoms with Crippen molar-refractivity contribution in [2.24, 2.45) is 11.7 Å². The molecular formula is C14H20N2OS. The lowest BCUT2D eigenvalue weighted by Crippen LogP contribution is -2.30. The summed E-state index contributed by atoms with van der Waals surface area (Å²) in [4.78, 5) is 15.0. The maximum absolute atomic E-state index is 11.7. The number of rotatable bonds is 5. The highest BCUT2D eigenvalue weighted by Gasteiger charge is 2.25. The Morgan fingerprint density at radius 3 is 2.89 bits per heavy atom. The molecule has 1 aromatic rings. The van der Waals surface area contributed by atoms with E-state index in [9.17, 15) is 4.79 Å². The van der Waals surface area contributed by atoms with Crippen molar-refractivity contribution in [2.75, 3.05) is 25.4 Å². The summed E-state index contributed by atoms with van der Waals surface area (Å²) in [6, 6.07) is 10.4. The predicted octanol–water partition coefficient (Wildman–Crippen LogP) is 1.98. The largest absolute Gasteiger partial charge is 0.342 e.